The molecule has 0 aliphatic carbocycles. The van der Waals surface area contributed by atoms with Gasteiger partial charge in [-0.25, -0.2) is 0 Å². The molecule has 0 radical (unpaired) electrons. The summed E-state index contributed by atoms with van der Waals surface area (Å²) in [6.45, 7) is 2.62. The molecule has 34 heavy (non-hydrogen) atoms. The fraction of sp³-hybridized carbons (Fsp3) is 0.214. The average molecular weight is 456 g/mol. The Labute approximate surface area is 198 Å². The number of rotatable bonds is 4. The number of aliphatic hydroxyl groups is 1. The third kappa shape index (κ3) is 3.71. The number of anilines is 1. The van der Waals surface area contributed by atoms with Crippen molar-refractivity contribution in [2.75, 3.05) is 18.6 Å². The van der Waals surface area contributed by atoms with Crippen LogP contribution in [0.4, 0.5) is 5.69 Å². The summed E-state index contributed by atoms with van der Waals surface area (Å²) in [4.78, 5) is 28.0. The van der Waals surface area contributed by atoms with Crippen molar-refractivity contribution in [2.24, 2.45) is 0 Å². The van der Waals surface area contributed by atoms with Gasteiger partial charge in [-0.2, -0.15) is 0 Å². The van der Waals surface area contributed by atoms with Crippen molar-refractivity contribution in [3.05, 3.63) is 94.6 Å². The van der Waals surface area contributed by atoms with Crippen molar-refractivity contribution in [3.63, 3.8) is 0 Å². The van der Waals surface area contributed by atoms with E-state index in [1.165, 1.54) is 4.90 Å². The van der Waals surface area contributed by atoms with E-state index in [4.69, 9.17) is 9.47 Å². The Bertz CT molecular complexity index is 1290. The summed E-state index contributed by atoms with van der Waals surface area (Å²) in [5.41, 5.74) is 3.86. The van der Waals surface area contributed by atoms with E-state index in [0.29, 0.717) is 29.2 Å². The van der Waals surface area contributed by atoms with Gasteiger partial charge in [-0.05, 0) is 73.4 Å². The van der Waals surface area contributed by atoms with Crippen LogP contribution in [0.25, 0.3) is 5.76 Å². The Morgan fingerprint density at radius 2 is 1.76 bits per heavy atom. The minimum atomic E-state index is -0.777. The number of hydrogen-bond acceptors (Lipinski definition) is 5. The van der Waals surface area contributed by atoms with Crippen molar-refractivity contribution in [1.82, 2.24) is 0 Å². The van der Waals surface area contributed by atoms with Gasteiger partial charge >= 0.3 is 0 Å². The molecule has 1 fully saturated rings. The van der Waals surface area contributed by atoms with Crippen LogP contribution in [0.2, 0.25) is 0 Å². The quantitative estimate of drug-likeness (QED) is 0.342. The number of fused-ring (bicyclic) bond motifs is 1. The minimum absolute atomic E-state index is 0.0624. The Balaban J connectivity index is 1.68. The van der Waals surface area contributed by atoms with E-state index in [2.05, 4.69) is 0 Å². The molecule has 0 spiro atoms. The van der Waals surface area contributed by atoms with Crippen molar-refractivity contribution in [1.29, 1.82) is 0 Å². The third-order valence-corrected chi connectivity index (χ3v) is 6.37. The van der Waals surface area contributed by atoms with Gasteiger partial charge in [0.15, 0.2) is 0 Å². The van der Waals surface area contributed by atoms with Gasteiger partial charge in [0.05, 0.1) is 25.3 Å². The van der Waals surface area contributed by atoms with Crippen LogP contribution >= 0.6 is 0 Å². The molecule has 5 rings (SSSR count). The zero-order chi connectivity index (χ0) is 23.8. The summed E-state index contributed by atoms with van der Waals surface area (Å²) in [5, 5.41) is 11.4. The lowest BCUT2D eigenvalue weighted by molar-refractivity contribution is -0.132. The molecular weight excluding hydrogens is 430 g/mol. The van der Waals surface area contributed by atoms with Crippen molar-refractivity contribution in [3.8, 4) is 11.5 Å². The first-order valence-corrected chi connectivity index (χ1v) is 11.3. The van der Waals surface area contributed by atoms with Crippen LogP contribution in [-0.2, 0) is 16.0 Å². The van der Waals surface area contributed by atoms with E-state index in [1.54, 1.807) is 25.3 Å². The molecule has 1 atom stereocenters. The Hall–Kier alpha value is -4.06. The fourth-order valence-electron chi connectivity index (χ4n) is 4.57. The van der Waals surface area contributed by atoms with Gasteiger partial charge in [0, 0.05) is 11.3 Å². The second-order valence-corrected chi connectivity index (χ2v) is 8.55. The van der Waals surface area contributed by atoms with Crippen molar-refractivity contribution >= 4 is 23.1 Å². The smallest absolute Gasteiger partial charge is 0.300 e. The summed E-state index contributed by atoms with van der Waals surface area (Å²) in [6, 6.07) is 19.2. The SMILES string of the molecule is COc1ccc(C2/C(=C(/O)c3ccc4c(c3)CCCO4)C(=O)C(=O)N2c2ccc(C)cc2)cc1. The Kier molecular flexibility index (Phi) is 5.57. The zero-order valence-corrected chi connectivity index (χ0v) is 19.1. The Morgan fingerprint density at radius 3 is 2.47 bits per heavy atom. The van der Waals surface area contributed by atoms with Crippen molar-refractivity contribution < 1.29 is 24.2 Å². The first-order valence-electron chi connectivity index (χ1n) is 11.3. The number of carbonyl (C=O) groups is 2. The second-order valence-electron chi connectivity index (χ2n) is 8.55. The number of carbonyl (C=O) groups excluding carboxylic acids is 2. The largest absolute Gasteiger partial charge is 0.507 e. The van der Waals surface area contributed by atoms with Crippen LogP contribution in [0.1, 0.15) is 34.7 Å². The topological polar surface area (TPSA) is 76.1 Å². The highest BCUT2D eigenvalue weighted by atomic mass is 16.5. The van der Waals surface area contributed by atoms with Crippen LogP contribution in [0, 0.1) is 6.92 Å². The van der Waals surface area contributed by atoms with E-state index in [0.717, 1.165) is 29.7 Å². The molecule has 1 amide bonds. The summed E-state index contributed by atoms with van der Waals surface area (Å²) in [5.74, 6) is -0.136. The molecule has 2 aliphatic rings. The predicted octanol–water partition coefficient (Wildman–Crippen LogP) is 4.95. The highest BCUT2D eigenvalue weighted by Gasteiger charge is 2.47. The average Bonchev–Trinajstić information content (AvgIpc) is 3.14. The number of nitrogens with zero attached hydrogens (tertiary/aromatic N) is 1. The number of ether oxygens (including phenoxy) is 2. The molecule has 3 aromatic rings. The maximum Gasteiger partial charge on any atom is 0.300 e. The first kappa shape index (κ1) is 21.8. The fourth-order valence-corrected chi connectivity index (χ4v) is 4.57. The maximum atomic E-state index is 13.3. The van der Waals surface area contributed by atoms with Crippen LogP contribution in [0.15, 0.2) is 72.3 Å². The predicted molar refractivity (Wildman–Crippen MR) is 129 cm³/mol. The number of methoxy groups -OCH3 is 1. The summed E-state index contributed by atoms with van der Waals surface area (Å²) < 4.78 is 11.0. The van der Waals surface area contributed by atoms with E-state index in [9.17, 15) is 14.7 Å². The molecule has 6 heteroatoms. The lowest BCUT2D eigenvalue weighted by atomic mass is 9.93. The molecule has 1 N–H and O–H groups in total. The molecule has 0 saturated carbocycles. The number of Topliss-reactive ketones (excluding diaryl/α,β-unsaturated/α-hetero) is 1. The number of ketones is 1. The van der Waals surface area contributed by atoms with Crippen molar-refractivity contribution in [2.45, 2.75) is 25.8 Å². The number of aryl methyl sites for hydroxylation is 2. The molecule has 2 aliphatic heterocycles. The number of amides is 1. The summed E-state index contributed by atoms with van der Waals surface area (Å²) in [7, 11) is 1.58. The van der Waals surface area contributed by atoms with Gasteiger partial charge in [0.1, 0.15) is 17.3 Å². The van der Waals surface area contributed by atoms with Crippen LogP contribution in [0.3, 0.4) is 0 Å². The van der Waals surface area contributed by atoms with Crippen LogP contribution in [-0.4, -0.2) is 30.5 Å². The third-order valence-electron chi connectivity index (χ3n) is 6.37. The standard InChI is InChI=1S/C28H25NO5/c1-17-5-10-21(11-6-17)29-25(18-7-12-22(33-2)13-8-18)24(27(31)28(29)32)26(30)20-9-14-23-19(16-20)4-3-15-34-23/h5-14,16,25,30H,3-4,15H2,1-2H3/b26-24-. The Morgan fingerprint density at radius 1 is 1.03 bits per heavy atom. The second kappa shape index (κ2) is 8.71. The normalized spacial score (nSPS) is 19.0. The molecule has 2 heterocycles. The molecular formula is C28H25NO5. The number of benzene rings is 3. The van der Waals surface area contributed by atoms with Gasteiger partial charge < -0.3 is 14.6 Å². The van der Waals surface area contributed by atoms with E-state index >= 15 is 0 Å². The highest BCUT2D eigenvalue weighted by molar-refractivity contribution is 6.51. The van der Waals surface area contributed by atoms with E-state index < -0.39 is 17.7 Å². The monoisotopic (exact) mass is 455 g/mol. The molecule has 0 bridgehead atoms. The van der Waals surface area contributed by atoms with E-state index in [-0.39, 0.29) is 11.3 Å². The number of aliphatic hydroxyl groups excluding tert-OH is 1. The molecule has 3 aromatic carbocycles. The first-order chi connectivity index (χ1) is 16.5. The molecule has 1 saturated heterocycles. The van der Waals surface area contributed by atoms with Gasteiger partial charge in [0.2, 0.25) is 0 Å². The molecule has 1 unspecified atom stereocenters. The number of hydrogen-bond donors (Lipinski definition) is 1. The molecule has 6 nitrogen and oxygen atoms in total. The van der Waals surface area contributed by atoms with Gasteiger partial charge in [-0.15, -0.1) is 0 Å². The summed E-state index contributed by atoms with van der Waals surface area (Å²) in [6.07, 6.45) is 1.72. The highest BCUT2D eigenvalue weighted by Crippen LogP contribution is 2.43. The zero-order valence-electron chi connectivity index (χ0n) is 19.1. The summed E-state index contributed by atoms with van der Waals surface area (Å²) >= 11 is 0. The maximum absolute atomic E-state index is 13.3. The minimum Gasteiger partial charge on any atom is -0.507 e. The van der Waals surface area contributed by atoms with E-state index in [1.807, 2.05) is 55.5 Å². The van der Waals surface area contributed by atoms with Gasteiger partial charge in [-0.1, -0.05) is 29.8 Å². The van der Waals surface area contributed by atoms with Crippen LogP contribution in [0.5, 0.6) is 11.5 Å². The van der Waals surface area contributed by atoms with Crippen LogP contribution < -0.4 is 14.4 Å². The van der Waals surface area contributed by atoms with Gasteiger partial charge in [-0.3, -0.25) is 14.5 Å². The lowest BCUT2D eigenvalue weighted by Gasteiger charge is -2.26. The lowest BCUT2D eigenvalue weighted by Crippen LogP contribution is -2.29. The molecule has 172 valence electrons. The van der Waals surface area contributed by atoms with Gasteiger partial charge in [0.25, 0.3) is 11.7 Å². The molecule has 0 aromatic heterocycles.